The lowest BCUT2D eigenvalue weighted by Gasteiger charge is -2.20. The maximum atomic E-state index is 11.9. The Bertz CT molecular complexity index is 571. The van der Waals surface area contributed by atoms with Crippen molar-refractivity contribution in [1.29, 1.82) is 0 Å². The van der Waals surface area contributed by atoms with Gasteiger partial charge in [0, 0.05) is 18.6 Å². The van der Waals surface area contributed by atoms with Gasteiger partial charge in [-0.05, 0) is 58.2 Å². The molecule has 0 heterocycles. The summed E-state index contributed by atoms with van der Waals surface area (Å²) < 4.78 is 5.24. The van der Waals surface area contributed by atoms with Crippen LogP contribution in [0.4, 0.5) is 0 Å². The van der Waals surface area contributed by atoms with Crippen molar-refractivity contribution in [2.75, 3.05) is 26.7 Å². The number of hydrogen-bond acceptors (Lipinski definition) is 3. The largest absolute Gasteiger partial charge is 0.497 e. The van der Waals surface area contributed by atoms with E-state index in [9.17, 15) is 4.79 Å². The van der Waals surface area contributed by atoms with E-state index in [1.54, 1.807) is 7.11 Å². The van der Waals surface area contributed by atoms with Gasteiger partial charge in [0.05, 0.1) is 7.11 Å². The second-order valence-corrected chi connectivity index (χ2v) is 6.88. The molecule has 0 unspecified atom stereocenters. The summed E-state index contributed by atoms with van der Waals surface area (Å²) in [7, 11) is 1.68. The number of carbonyl (C=O) groups excluding carboxylic acids is 1. The van der Waals surface area contributed by atoms with E-state index < -0.39 is 0 Å². The molecule has 7 heteroatoms. The number of nitrogens with one attached hydrogen (secondary N) is 3. The van der Waals surface area contributed by atoms with Crippen LogP contribution in [0.1, 0.15) is 39.7 Å². The number of nitrogens with zero attached hydrogens (tertiary/aromatic N) is 1. The van der Waals surface area contributed by atoms with E-state index in [0.717, 1.165) is 31.7 Å². The topological polar surface area (TPSA) is 74.8 Å². The minimum atomic E-state index is -0.241. The number of guanidine groups is 1. The molecule has 0 aromatic heterocycles. The molecule has 0 aliphatic carbocycles. The number of methoxy groups -OCH3 is 1. The van der Waals surface area contributed by atoms with E-state index >= 15 is 0 Å². The van der Waals surface area contributed by atoms with Gasteiger partial charge in [0.15, 0.2) is 5.96 Å². The quantitative estimate of drug-likeness (QED) is 0.234. The average molecular weight is 476 g/mol. The van der Waals surface area contributed by atoms with Crippen LogP contribution in [0.25, 0.3) is 0 Å². The highest BCUT2D eigenvalue weighted by Crippen LogP contribution is 2.13. The van der Waals surface area contributed by atoms with Crippen molar-refractivity contribution in [2.45, 2.75) is 46.1 Å². The molecule has 0 atom stereocenters. The highest BCUT2D eigenvalue weighted by atomic mass is 127. The van der Waals surface area contributed by atoms with Crippen LogP contribution in [0, 0.1) is 0 Å². The third-order valence-corrected chi connectivity index (χ3v) is 3.31. The van der Waals surface area contributed by atoms with E-state index in [4.69, 9.17) is 4.74 Å². The maximum absolute atomic E-state index is 11.9. The van der Waals surface area contributed by atoms with Crippen molar-refractivity contribution in [3.05, 3.63) is 29.8 Å². The van der Waals surface area contributed by atoms with E-state index in [1.165, 1.54) is 5.56 Å². The number of hydrogen-bond donors (Lipinski definition) is 3. The van der Waals surface area contributed by atoms with Gasteiger partial charge >= 0.3 is 0 Å². The lowest BCUT2D eigenvalue weighted by Crippen LogP contribution is -2.43. The van der Waals surface area contributed by atoms with Gasteiger partial charge in [0.2, 0.25) is 5.91 Å². The number of aliphatic imine (C=N–C) groups is 1. The maximum Gasteiger partial charge on any atom is 0.242 e. The summed E-state index contributed by atoms with van der Waals surface area (Å²) in [5.74, 6) is 1.46. The summed E-state index contributed by atoms with van der Waals surface area (Å²) in [4.78, 5) is 16.2. The predicted molar refractivity (Wildman–Crippen MR) is 119 cm³/mol. The van der Waals surface area contributed by atoms with Crippen LogP contribution in [0.2, 0.25) is 0 Å². The summed E-state index contributed by atoms with van der Waals surface area (Å²) in [6.45, 7) is 9.52. The highest BCUT2D eigenvalue weighted by molar-refractivity contribution is 14.0. The second kappa shape index (κ2) is 12.8. The van der Waals surface area contributed by atoms with Crippen molar-refractivity contribution in [3.8, 4) is 5.75 Å². The molecule has 1 rings (SSSR count). The fourth-order valence-electron chi connectivity index (χ4n) is 2.28. The number of carbonyl (C=O) groups is 1. The fraction of sp³-hybridized carbons (Fsp3) is 0.579. The molecule has 0 fully saturated rings. The monoisotopic (exact) mass is 476 g/mol. The Morgan fingerprint density at radius 2 is 1.96 bits per heavy atom. The third-order valence-electron chi connectivity index (χ3n) is 3.31. The zero-order valence-corrected chi connectivity index (χ0v) is 18.8. The molecule has 0 spiro atoms. The van der Waals surface area contributed by atoms with Crippen molar-refractivity contribution >= 4 is 35.8 Å². The Balaban J connectivity index is 0.00000625. The first-order chi connectivity index (χ1) is 11.8. The standard InChI is InChI=1S/C19H32N4O2.HI/c1-6-20-18(22-14-17(24)23-19(2,3)4)21-12-8-10-15-9-7-11-16(13-15)25-5;/h7,9,11,13H,6,8,10,12,14H2,1-5H3,(H,23,24)(H2,20,21,22);1H. The molecule has 1 aromatic rings. The fourth-order valence-corrected chi connectivity index (χ4v) is 2.28. The zero-order valence-electron chi connectivity index (χ0n) is 16.5. The van der Waals surface area contributed by atoms with E-state index in [2.05, 4.69) is 33.1 Å². The van der Waals surface area contributed by atoms with Gasteiger partial charge < -0.3 is 20.7 Å². The lowest BCUT2D eigenvalue weighted by molar-refractivity contribution is -0.121. The average Bonchev–Trinajstić information content (AvgIpc) is 2.55. The van der Waals surface area contributed by atoms with E-state index in [1.807, 2.05) is 39.8 Å². The zero-order chi connectivity index (χ0) is 18.7. The molecule has 3 N–H and O–H groups in total. The molecule has 0 bridgehead atoms. The van der Waals surface area contributed by atoms with Crippen LogP contribution < -0.4 is 20.7 Å². The number of ether oxygens (including phenoxy) is 1. The molecule has 148 valence electrons. The summed E-state index contributed by atoms with van der Waals surface area (Å²) in [5.41, 5.74) is 1.00. The summed E-state index contributed by atoms with van der Waals surface area (Å²) in [6.07, 6.45) is 1.92. The Morgan fingerprint density at radius 1 is 1.23 bits per heavy atom. The Morgan fingerprint density at radius 3 is 2.58 bits per heavy atom. The summed E-state index contributed by atoms with van der Waals surface area (Å²) in [6, 6.07) is 8.09. The van der Waals surface area contributed by atoms with Gasteiger partial charge in [-0.2, -0.15) is 0 Å². The lowest BCUT2D eigenvalue weighted by atomic mass is 10.1. The molecule has 1 aromatic carbocycles. The molecular weight excluding hydrogens is 443 g/mol. The SMILES string of the molecule is CCNC(=NCC(=O)NC(C)(C)C)NCCCc1cccc(OC)c1.I. The number of amides is 1. The summed E-state index contributed by atoms with van der Waals surface area (Å²) in [5, 5.41) is 9.32. The first kappa shape index (κ1) is 24.5. The van der Waals surface area contributed by atoms with Crippen LogP contribution in [-0.2, 0) is 11.2 Å². The number of benzene rings is 1. The molecule has 0 saturated carbocycles. The van der Waals surface area contributed by atoms with E-state index in [0.29, 0.717) is 5.96 Å². The van der Waals surface area contributed by atoms with Crippen LogP contribution in [0.5, 0.6) is 5.75 Å². The van der Waals surface area contributed by atoms with Crippen molar-refractivity contribution in [2.24, 2.45) is 4.99 Å². The molecule has 26 heavy (non-hydrogen) atoms. The smallest absolute Gasteiger partial charge is 0.242 e. The summed E-state index contributed by atoms with van der Waals surface area (Å²) >= 11 is 0. The van der Waals surface area contributed by atoms with Crippen molar-refractivity contribution < 1.29 is 9.53 Å². The predicted octanol–water partition coefficient (Wildman–Crippen LogP) is 2.72. The Labute approximate surface area is 174 Å². The first-order valence-corrected chi connectivity index (χ1v) is 8.80. The van der Waals surface area contributed by atoms with Gasteiger partial charge in [0.1, 0.15) is 12.3 Å². The molecule has 0 aliphatic heterocycles. The van der Waals surface area contributed by atoms with Crippen LogP contribution in [0.15, 0.2) is 29.3 Å². The molecule has 0 radical (unpaired) electrons. The molecule has 0 saturated heterocycles. The highest BCUT2D eigenvalue weighted by Gasteiger charge is 2.13. The molecule has 6 nitrogen and oxygen atoms in total. The van der Waals surface area contributed by atoms with Gasteiger partial charge in [-0.3, -0.25) is 4.79 Å². The van der Waals surface area contributed by atoms with Crippen molar-refractivity contribution in [1.82, 2.24) is 16.0 Å². The normalized spacial score (nSPS) is 11.3. The Hall–Kier alpha value is -1.51. The first-order valence-electron chi connectivity index (χ1n) is 8.80. The molecule has 0 aliphatic rings. The van der Waals surface area contributed by atoms with Gasteiger partial charge in [-0.1, -0.05) is 12.1 Å². The molecular formula is C19H33IN4O2. The minimum absolute atomic E-state index is 0. The van der Waals surface area contributed by atoms with Gasteiger partial charge in [0.25, 0.3) is 0 Å². The minimum Gasteiger partial charge on any atom is -0.497 e. The number of rotatable bonds is 8. The van der Waals surface area contributed by atoms with Crippen molar-refractivity contribution in [3.63, 3.8) is 0 Å². The van der Waals surface area contributed by atoms with E-state index in [-0.39, 0.29) is 42.0 Å². The van der Waals surface area contributed by atoms with Gasteiger partial charge in [-0.25, -0.2) is 4.99 Å². The number of halogens is 1. The third kappa shape index (κ3) is 11.2. The van der Waals surface area contributed by atoms with Crippen LogP contribution in [-0.4, -0.2) is 44.1 Å². The molecule has 1 amide bonds. The van der Waals surface area contributed by atoms with Crippen LogP contribution in [0.3, 0.4) is 0 Å². The van der Waals surface area contributed by atoms with Gasteiger partial charge in [-0.15, -0.1) is 24.0 Å². The number of aryl methyl sites for hydroxylation is 1. The second-order valence-electron chi connectivity index (χ2n) is 6.88. The Kier molecular flexibility index (Phi) is 12.0. The van der Waals surface area contributed by atoms with Crippen LogP contribution >= 0.6 is 24.0 Å².